The lowest BCUT2D eigenvalue weighted by atomic mass is 9.98. The Labute approximate surface area is 182 Å². The summed E-state index contributed by atoms with van der Waals surface area (Å²) in [4.78, 5) is 18.3. The summed E-state index contributed by atoms with van der Waals surface area (Å²) < 4.78 is 31.1. The average Bonchev–Trinajstić information content (AvgIpc) is 3.39. The molecule has 0 radical (unpaired) electrons. The molecule has 1 amide bonds. The van der Waals surface area contributed by atoms with Gasteiger partial charge >= 0.3 is 0 Å². The number of hydrogen-bond donors (Lipinski definition) is 3. The molecular formula is C22H29N5O3S. The molecule has 8 nitrogen and oxygen atoms in total. The third kappa shape index (κ3) is 4.62. The van der Waals surface area contributed by atoms with Crippen molar-refractivity contribution in [3.8, 4) is 0 Å². The smallest absolute Gasteiger partial charge is 0.241 e. The summed E-state index contributed by atoms with van der Waals surface area (Å²) in [6, 6.07) is 9.54. The standard InChI is InChI=1S/C22H29N5O3S/c1-16-8-13-27(14-9-16)22(28)19(10-15-26-12-3-6-21(26)23)25-31(29,30)20-5-2-4-18-17(20)7-11-24-18/h2-7,11-12,16,19,24-25H,8-10,13-15,23H2,1H3. The lowest BCUT2D eigenvalue weighted by molar-refractivity contribution is -0.134. The topological polar surface area (TPSA) is 113 Å². The largest absolute Gasteiger partial charge is 0.385 e. The van der Waals surface area contributed by atoms with Crippen LogP contribution in [-0.2, 0) is 21.4 Å². The number of aromatic amines is 1. The molecule has 0 bridgehead atoms. The Balaban J connectivity index is 1.59. The number of nitrogens with one attached hydrogen (secondary N) is 2. The van der Waals surface area contributed by atoms with Crippen molar-refractivity contribution in [2.75, 3.05) is 18.8 Å². The number of amides is 1. The molecule has 1 aromatic carbocycles. The summed E-state index contributed by atoms with van der Waals surface area (Å²) in [7, 11) is -3.91. The van der Waals surface area contributed by atoms with E-state index in [2.05, 4.69) is 16.6 Å². The number of anilines is 1. The fourth-order valence-electron chi connectivity index (χ4n) is 4.12. The lowest BCUT2D eigenvalue weighted by Crippen LogP contribution is -2.50. The van der Waals surface area contributed by atoms with Gasteiger partial charge in [-0.2, -0.15) is 4.72 Å². The zero-order valence-electron chi connectivity index (χ0n) is 17.6. The molecule has 2 aromatic heterocycles. The molecule has 0 aliphatic carbocycles. The summed E-state index contributed by atoms with van der Waals surface area (Å²) in [6.45, 7) is 3.92. The molecule has 4 N–H and O–H groups in total. The van der Waals surface area contributed by atoms with Crippen LogP contribution in [0.3, 0.4) is 0 Å². The van der Waals surface area contributed by atoms with E-state index in [0.29, 0.717) is 43.2 Å². The van der Waals surface area contributed by atoms with Crippen molar-refractivity contribution in [2.45, 2.75) is 43.7 Å². The van der Waals surface area contributed by atoms with E-state index < -0.39 is 16.1 Å². The normalized spacial score (nSPS) is 16.6. The highest BCUT2D eigenvalue weighted by Gasteiger charge is 2.31. The van der Waals surface area contributed by atoms with Crippen LogP contribution >= 0.6 is 0 Å². The number of carbonyl (C=O) groups excluding carboxylic acids is 1. The summed E-state index contributed by atoms with van der Waals surface area (Å²) >= 11 is 0. The number of hydrogen-bond acceptors (Lipinski definition) is 4. The Hall–Kier alpha value is -2.78. The number of piperidine rings is 1. The number of sulfonamides is 1. The van der Waals surface area contributed by atoms with Crippen LogP contribution < -0.4 is 10.5 Å². The van der Waals surface area contributed by atoms with Crippen LogP contribution in [0.2, 0.25) is 0 Å². The van der Waals surface area contributed by atoms with Gasteiger partial charge in [0.1, 0.15) is 11.9 Å². The first-order chi connectivity index (χ1) is 14.8. The predicted octanol–water partition coefficient (Wildman–Crippen LogP) is 2.55. The minimum Gasteiger partial charge on any atom is -0.385 e. The van der Waals surface area contributed by atoms with Gasteiger partial charge in [0, 0.05) is 42.9 Å². The van der Waals surface area contributed by atoms with Gasteiger partial charge in [-0.1, -0.05) is 13.0 Å². The first kappa shape index (κ1) is 21.5. The zero-order chi connectivity index (χ0) is 22.0. The van der Waals surface area contributed by atoms with E-state index in [0.717, 1.165) is 18.4 Å². The van der Waals surface area contributed by atoms with E-state index in [-0.39, 0.29) is 10.8 Å². The van der Waals surface area contributed by atoms with Crippen molar-refractivity contribution in [2.24, 2.45) is 5.92 Å². The van der Waals surface area contributed by atoms with Crippen molar-refractivity contribution in [3.05, 3.63) is 48.8 Å². The van der Waals surface area contributed by atoms with Crippen LogP contribution in [0.4, 0.5) is 5.82 Å². The van der Waals surface area contributed by atoms with Crippen molar-refractivity contribution in [1.29, 1.82) is 0 Å². The van der Waals surface area contributed by atoms with Gasteiger partial charge in [-0.3, -0.25) is 4.79 Å². The van der Waals surface area contributed by atoms with Crippen LogP contribution in [0, 0.1) is 5.92 Å². The highest BCUT2D eigenvalue weighted by Crippen LogP contribution is 2.23. The second-order valence-electron chi connectivity index (χ2n) is 8.29. The van der Waals surface area contributed by atoms with E-state index >= 15 is 0 Å². The van der Waals surface area contributed by atoms with Gasteiger partial charge in [-0.25, -0.2) is 8.42 Å². The number of benzene rings is 1. The van der Waals surface area contributed by atoms with Crippen molar-refractivity contribution in [3.63, 3.8) is 0 Å². The van der Waals surface area contributed by atoms with Gasteiger partial charge in [0.15, 0.2) is 0 Å². The fraction of sp³-hybridized carbons (Fsp3) is 0.409. The van der Waals surface area contributed by atoms with Gasteiger partial charge in [0.25, 0.3) is 0 Å². The molecule has 4 rings (SSSR count). The monoisotopic (exact) mass is 443 g/mol. The van der Waals surface area contributed by atoms with Crippen molar-refractivity contribution in [1.82, 2.24) is 19.2 Å². The number of H-pyrrole nitrogens is 1. The molecule has 3 heterocycles. The first-order valence-corrected chi connectivity index (χ1v) is 12.1. The second kappa shape index (κ2) is 8.76. The molecular weight excluding hydrogens is 414 g/mol. The number of fused-ring (bicyclic) bond motifs is 1. The number of nitrogen functional groups attached to an aromatic ring is 1. The average molecular weight is 444 g/mol. The number of nitrogens with two attached hydrogens (primary N) is 1. The summed E-state index contributed by atoms with van der Waals surface area (Å²) in [5.74, 6) is 0.977. The SMILES string of the molecule is CC1CCN(C(=O)C(CCn2cccc2N)NS(=O)(=O)c2cccc3[nH]ccc23)CC1. The minimum atomic E-state index is -3.91. The van der Waals surface area contributed by atoms with E-state index in [1.54, 1.807) is 35.4 Å². The molecule has 1 saturated heterocycles. The molecule has 0 spiro atoms. The molecule has 1 aliphatic heterocycles. The Morgan fingerprint density at radius 2 is 2.00 bits per heavy atom. The molecule has 3 aromatic rings. The molecule has 1 atom stereocenters. The molecule has 0 saturated carbocycles. The Kier molecular flexibility index (Phi) is 6.06. The number of nitrogens with zero attached hydrogens (tertiary/aromatic N) is 2. The van der Waals surface area contributed by atoms with Crippen LogP contribution in [0.5, 0.6) is 0 Å². The van der Waals surface area contributed by atoms with E-state index in [9.17, 15) is 13.2 Å². The fourth-order valence-corrected chi connectivity index (χ4v) is 5.57. The van der Waals surface area contributed by atoms with Gasteiger partial charge in [-0.15, -0.1) is 0 Å². The molecule has 31 heavy (non-hydrogen) atoms. The summed E-state index contributed by atoms with van der Waals surface area (Å²) in [5, 5.41) is 0.600. The number of aromatic nitrogens is 2. The number of aryl methyl sites for hydroxylation is 1. The number of rotatable bonds is 7. The molecule has 1 unspecified atom stereocenters. The van der Waals surface area contributed by atoms with Gasteiger partial charge in [0.2, 0.25) is 15.9 Å². The van der Waals surface area contributed by atoms with E-state index in [4.69, 9.17) is 5.73 Å². The maximum absolute atomic E-state index is 13.3. The van der Waals surface area contributed by atoms with Crippen LogP contribution in [0.1, 0.15) is 26.2 Å². The third-order valence-corrected chi connectivity index (χ3v) is 7.59. The third-order valence-electron chi connectivity index (χ3n) is 6.06. The number of likely N-dealkylation sites (tertiary alicyclic amines) is 1. The Morgan fingerprint density at radius 3 is 2.71 bits per heavy atom. The van der Waals surface area contributed by atoms with E-state index in [1.165, 1.54) is 0 Å². The maximum atomic E-state index is 13.3. The predicted molar refractivity (Wildman–Crippen MR) is 121 cm³/mol. The highest BCUT2D eigenvalue weighted by atomic mass is 32.2. The number of carbonyl (C=O) groups is 1. The Bertz CT molecular complexity index is 1160. The first-order valence-electron chi connectivity index (χ1n) is 10.6. The molecule has 1 aliphatic rings. The molecule has 9 heteroatoms. The second-order valence-corrected chi connectivity index (χ2v) is 9.97. The lowest BCUT2D eigenvalue weighted by Gasteiger charge is -2.33. The van der Waals surface area contributed by atoms with Crippen molar-refractivity contribution < 1.29 is 13.2 Å². The summed E-state index contributed by atoms with van der Waals surface area (Å²) in [6.07, 6.45) is 5.70. The highest BCUT2D eigenvalue weighted by molar-refractivity contribution is 7.89. The van der Waals surface area contributed by atoms with Gasteiger partial charge < -0.3 is 20.2 Å². The van der Waals surface area contributed by atoms with E-state index in [1.807, 2.05) is 22.9 Å². The summed E-state index contributed by atoms with van der Waals surface area (Å²) in [5.41, 5.74) is 6.69. The van der Waals surface area contributed by atoms with Crippen LogP contribution in [0.15, 0.2) is 53.7 Å². The minimum absolute atomic E-state index is 0.164. The van der Waals surface area contributed by atoms with Crippen molar-refractivity contribution >= 4 is 32.7 Å². The maximum Gasteiger partial charge on any atom is 0.241 e. The Morgan fingerprint density at radius 1 is 1.23 bits per heavy atom. The zero-order valence-corrected chi connectivity index (χ0v) is 18.4. The van der Waals surface area contributed by atoms with Crippen LogP contribution in [-0.4, -0.2) is 47.9 Å². The quantitative estimate of drug-likeness (QED) is 0.521. The molecule has 1 fully saturated rings. The van der Waals surface area contributed by atoms with Gasteiger partial charge in [0.05, 0.1) is 4.90 Å². The molecule has 166 valence electrons. The van der Waals surface area contributed by atoms with Gasteiger partial charge in [-0.05, 0) is 55.5 Å². The van der Waals surface area contributed by atoms with Crippen LogP contribution in [0.25, 0.3) is 10.9 Å².